The second-order valence-corrected chi connectivity index (χ2v) is 6.54. The predicted octanol–water partition coefficient (Wildman–Crippen LogP) is 3.65. The molecule has 1 aromatic rings. The lowest BCUT2D eigenvalue weighted by molar-refractivity contribution is 0.0994. The van der Waals surface area contributed by atoms with Gasteiger partial charge in [0.1, 0.15) is 0 Å². The summed E-state index contributed by atoms with van der Waals surface area (Å²) in [5.74, 6) is 0. The van der Waals surface area contributed by atoms with Gasteiger partial charge in [0.15, 0.2) is 0 Å². The summed E-state index contributed by atoms with van der Waals surface area (Å²) in [5, 5.41) is 0. The molecule has 0 aromatic heterocycles. The van der Waals surface area contributed by atoms with Crippen molar-refractivity contribution in [2.75, 3.05) is 32.7 Å². The average molecular weight is 284 g/mol. The third-order valence-electron chi connectivity index (χ3n) is 5.16. The zero-order valence-electron chi connectivity index (χ0n) is 13.1. The van der Waals surface area contributed by atoms with Crippen molar-refractivity contribution < 1.29 is 0 Å². The van der Waals surface area contributed by atoms with Crippen LogP contribution in [0.5, 0.6) is 0 Å². The fourth-order valence-corrected chi connectivity index (χ4v) is 3.73. The second-order valence-electron chi connectivity index (χ2n) is 6.54. The Bertz CT molecular complexity index is 440. The summed E-state index contributed by atoms with van der Waals surface area (Å²) in [4.78, 5) is 5.34. The zero-order chi connectivity index (χ0) is 14.5. The first-order valence-corrected chi connectivity index (χ1v) is 8.52. The zero-order valence-corrected chi connectivity index (χ0v) is 13.1. The number of rotatable bonds is 5. The van der Waals surface area contributed by atoms with Gasteiger partial charge in [-0.3, -0.25) is 4.90 Å². The van der Waals surface area contributed by atoms with Gasteiger partial charge in [-0.2, -0.15) is 0 Å². The maximum Gasteiger partial charge on any atom is 0.0113 e. The lowest BCUT2D eigenvalue weighted by Crippen LogP contribution is -2.49. The normalized spacial score (nSPS) is 21.7. The quantitative estimate of drug-likeness (QED) is 0.814. The van der Waals surface area contributed by atoms with E-state index in [1.54, 1.807) is 0 Å². The number of nitrogens with zero attached hydrogens (tertiary/aromatic N) is 2. The van der Waals surface area contributed by atoms with Crippen LogP contribution in [-0.4, -0.2) is 48.6 Å². The summed E-state index contributed by atoms with van der Waals surface area (Å²) in [6.07, 6.45) is 6.85. The highest BCUT2D eigenvalue weighted by Crippen LogP contribution is 2.24. The molecule has 0 unspecified atom stereocenters. The van der Waals surface area contributed by atoms with Crippen LogP contribution in [0.2, 0.25) is 0 Å². The molecule has 21 heavy (non-hydrogen) atoms. The van der Waals surface area contributed by atoms with E-state index in [0.29, 0.717) is 0 Å². The molecule has 114 valence electrons. The van der Waals surface area contributed by atoms with Gasteiger partial charge >= 0.3 is 0 Å². The van der Waals surface area contributed by atoms with Crippen LogP contribution in [0.3, 0.4) is 0 Å². The van der Waals surface area contributed by atoms with Crippen molar-refractivity contribution in [1.82, 2.24) is 9.80 Å². The molecule has 1 aromatic carbocycles. The molecule has 3 rings (SSSR count). The summed E-state index contributed by atoms with van der Waals surface area (Å²) in [5.41, 5.74) is 2.57. The van der Waals surface area contributed by atoms with Crippen molar-refractivity contribution >= 4 is 5.57 Å². The van der Waals surface area contributed by atoms with Gasteiger partial charge in [-0.25, -0.2) is 0 Å². The third kappa shape index (κ3) is 3.96. The topological polar surface area (TPSA) is 6.48 Å². The molecule has 0 spiro atoms. The summed E-state index contributed by atoms with van der Waals surface area (Å²) in [7, 11) is 0. The molecule has 0 atom stereocenters. The number of hydrogen-bond donors (Lipinski definition) is 0. The van der Waals surface area contributed by atoms with E-state index in [4.69, 9.17) is 0 Å². The van der Waals surface area contributed by atoms with E-state index in [0.717, 1.165) is 19.0 Å². The van der Waals surface area contributed by atoms with Crippen LogP contribution >= 0.6 is 0 Å². The summed E-state index contributed by atoms with van der Waals surface area (Å²) in [6.45, 7) is 10.4. The molecule has 0 amide bonds. The van der Waals surface area contributed by atoms with E-state index >= 15 is 0 Å². The van der Waals surface area contributed by atoms with Crippen molar-refractivity contribution in [3.8, 4) is 0 Å². The smallest absolute Gasteiger partial charge is 0.0113 e. The van der Waals surface area contributed by atoms with Crippen LogP contribution in [-0.2, 0) is 0 Å². The fourth-order valence-electron chi connectivity index (χ4n) is 3.73. The molecule has 1 saturated heterocycles. The molecule has 0 radical (unpaired) electrons. The van der Waals surface area contributed by atoms with Gasteiger partial charge in [-0.15, -0.1) is 0 Å². The Morgan fingerprint density at radius 2 is 1.67 bits per heavy atom. The Kier molecular flexibility index (Phi) is 5.10. The SMILES string of the molecule is C=C(CCN1CCN(C2CCCC2)CC1)c1ccccc1. The molecule has 2 fully saturated rings. The lowest BCUT2D eigenvalue weighted by atomic mass is 10.0. The van der Waals surface area contributed by atoms with Crippen LogP contribution in [0.4, 0.5) is 0 Å². The van der Waals surface area contributed by atoms with Crippen LogP contribution in [0.1, 0.15) is 37.7 Å². The highest BCUT2D eigenvalue weighted by Gasteiger charge is 2.25. The molecule has 1 aliphatic heterocycles. The summed E-state index contributed by atoms with van der Waals surface area (Å²) >= 11 is 0. The first kappa shape index (κ1) is 14.8. The van der Waals surface area contributed by atoms with Gasteiger partial charge in [-0.05, 0) is 30.4 Å². The molecule has 2 aliphatic rings. The van der Waals surface area contributed by atoms with Gasteiger partial charge in [0.25, 0.3) is 0 Å². The Balaban J connectivity index is 1.40. The molecule has 2 nitrogen and oxygen atoms in total. The minimum atomic E-state index is 0.895. The molecule has 1 heterocycles. The van der Waals surface area contributed by atoms with Crippen LogP contribution in [0, 0.1) is 0 Å². The maximum atomic E-state index is 4.25. The van der Waals surface area contributed by atoms with E-state index in [1.807, 2.05) is 0 Å². The highest BCUT2D eigenvalue weighted by atomic mass is 15.3. The minimum absolute atomic E-state index is 0.895. The van der Waals surface area contributed by atoms with Gasteiger partial charge < -0.3 is 4.90 Å². The molecule has 1 aliphatic carbocycles. The lowest BCUT2D eigenvalue weighted by Gasteiger charge is -2.38. The van der Waals surface area contributed by atoms with Crippen LogP contribution < -0.4 is 0 Å². The van der Waals surface area contributed by atoms with Crippen molar-refractivity contribution in [3.63, 3.8) is 0 Å². The summed E-state index contributed by atoms with van der Waals surface area (Å²) in [6, 6.07) is 11.5. The Hall–Kier alpha value is -1.12. The highest BCUT2D eigenvalue weighted by molar-refractivity contribution is 5.63. The molecular formula is C19H28N2. The Morgan fingerprint density at radius 3 is 2.33 bits per heavy atom. The van der Waals surface area contributed by atoms with Crippen LogP contribution in [0.25, 0.3) is 5.57 Å². The Labute approximate surface area is 129 Å². The van der Waals surface area contributed by atoms with Crippen molar-refractivity contribution in [1.29, 1.82) is 0 Å². The first-order chi connectivity index (χ1) is 10.3. The second kappa shape index (κ2) is 7.24. The van der Waals surface area contributed by atoms with E-state index in [1.165, 1.54) is 63.0 Å². The molecule has 1 saturated carbocycles. The van der Waals surface area contributed by atoms with Crippen molar-refractivity contribution in [2.45, 2.75) is 38.1 Å². The molecule has 0 bridgehead atoms. The largest absolute Gasteiger partial charge is 0.300 e. The van der Waals surface area contributed by atoms with Crippen molar-refractivity contribution in [3.05, 3.63) is 42.5 Å². The molecule has 0 N–H and O–H groups in total. The van der Waals surface area contributed by atoms with Gasteiger partial charge in [0.2, 0.25) is 0 Å². The van der Waals surface area contributed by atoms with Crippen molar-refractivity contribution in [2.24, 2.45) is 0 Å². The maximum absolute atomic E-state index is 4.25. The van der Waals surface area contributed by atoms with E-state index in [9.17, 15) is 0 Å². The fraction of sp³-hybridized carbons (Fsp3) is 0.579. The predicted molar refractivity (Wildman–Crippen MR) is 90.4 cm³/mol. The standard InChI is InChI=1S/C19H28N2/c1-17(18-7-3-2-4-8-18)11-12-20-13-15-21(16-14-20)19-9-5-6-10-19/h2-4,7-8,19H,1,5-6,9-16H2. The van der Waals surface area contributed by atoms with E-state index < -0.39 is 0 Å². The average Bonchev–Trinajstić information content (AvgIpc) is 3.08. The number of piperazine rings is 1. The van der Waals surface area contributed by atoms with E-state index in [-0.39, 0.29) is 0 Å². The minimum Gasteiger partial charge on any atom is -0.300 e. The number of hydrogen-bond acceptors (Lipinski definition) is 2. The molecular weight excluding hydrogens is 256 g/mol. The first-order valence-electron chi connectivity index (χ1n) is 8.52. The third-order valence-corrected chi connectivity index (χ3v) is 5.16. The van der Waals surface area contributed by atoms with Gasteiger partial charge in [0.05, 0.1) is 0 Å². The van der Waals surface area contributed by atoms with Gasteiger partial charge in [-0.1, -0.05) is 49.8 Å². The van der Waals surface area contributed by atoms with Gasteiger partial charge in [0, 0.05) is 38.8 Å². The van der Waals surface area contributed by atoms with Crippen LogP contribution in [0.15, 0.2) is 36.9 Å². The monoisotopic (exact) mass is 284 g/mol. The molecule has 2 heteroatoms. The van der Waals surface area contributed by atoms with E-state index in [2.05, 4.69) is 46.7 Å². The summed E-state index contributed by atoms with van der Waals surface area (Å²) < 4.78 is 0. The number of benzene rings is 1. The Morgan fingerprint density at radius 1 is 1.00 bits per heavy atom.